The van der Waals surface area contributed by atoms with Crippen LogP contribution in [0.3, 0.4) is 0 Å². The minimum atomic E-state index is -0.0286. The second-order valence-electron chi connectivity index (χ2n) is 4.35. The van der Waals surface area contributed by atoms with Gasteiger partial charge in [0, 0.05) is 5.69 Å². The Balaban J connectivity index is 1.90. The van der Waals surface area contributed by atoms with Crippen molar-refractivity contribution in [3.05, 3.63) is 30.3 Å². The van der Waals surface area contributed by atoms with Crippen molar-refractivity contribution >= 4 is 11.6 Å². The summed E-state index contributed by atoms with van der Waals surface area (Å²) in [6.45, 7) is 5.28. The number of hydrogen-bond donors (Lipinski definition) is 2. The van der Waals surface area contributed by atoms with Crippen LogP contribution in [0, 0.1) is 0 Å². The van der Waals surface area contributed by atoms with E-state index in [4.69, 9.17) is 4.74 Å². The quantitative estimate of drug-likeness (QED) is 0.770. The van der Waals surface area contributed by atoms with Crippen molar-refractivity contribution in [2.45, 2.75) is 13.0 Å². The van der Waals surface area contributed by atoms with Crippen LogP contribution in [0.5, 0.6) is 0 Å². The Morgan fingerprint density at radius 2 is 1.94 bits per heavy atom. The molecular formula is C13H19N2O2+. The number of carbonyl (C=O) groups is 1. The molecular weight excluding hydrogens is 216 g/mol. The number of ether oxygens (including phenoxy) is 1. The number of amides is 1. The van der Waals surface area contributed by atoms with Gasteiger partial charge in [-0.1, -0.05) is 18.2 Å². The molecule has 0 saturated carbocycles. The third-order valence-corrected chi connectivity index (χ3v) is 3.18. The van der Waals surface area contributed by atoms with Gasteiger partial charge in [0.1, 0.15) is 13.1 Å². The first-order valence-electron chi connectivity index (χ1n) is 6.05. The first-order valence-corrected chi connectivity index (χ1v) is 6.05. The molecule has 0 spiro atoms. The molecule has 1 atom stereocenters. The van der Waals surface area contributed by atoms with E-state index in [-0.39, 0.29) is 11.9 Å². The predicted molar refractivity (Wildman–Crippen MR) is 66.0 cm³/mol. The Kier molecular flexibility index (Phi) is 4.12. The zero-order valence-corrected chi connectivity index (χ0v) is 10.1. The number of hydrogen-bond acceptors (Lipinski definition) is 2. The van der Waals surface area contributed by atoms with E-state index in [1.54, 1.807) is 0 Å². The first-order chi connectivity index (χ1) is 8.27. The molecule has 92 valence electrons. The molecule has 1 aliphatic rings. The molecule has 0 aliphatic carbocycles. The van der Waals surface area contributed by atoms with Crippen LogP contribution in [-0.2, 0) is 9.53 Å². The highest BCUT2D eigenvalue weighted by molar-refractivity contribution is 5.93. The van der Waals surface area contributed by atoms with Crippen molar-refractivity contribution < 1.29 is 14.4 Å². The summed E-state index contributed by atoms with van der Waals surface area (Å²) in [5, 5.41) is 2.94. The maximum atomic E-state index is 12.0. The van der Waals surface area contributed by atoms with Gasteiger partial charge in [0.05, 0.1) is 13.2 Å². The van der Waals surface area contributed by atoms with Gasteiger partial charge in [-0.3, -0.25) is 4.79 Å². The fourth-order valence-corrected chi connectivity index (χ4v) is 2.02. The molecule has 17 heavy (non-hydrogen) atoms. The van der Waals surface area contributed by atoms with Crippen LogP contribution in [0.15, 0.2) is 30.3 Å². The molecule has 1 amide bonds. The van der Waals surface area contributed by atoms with Crippen molar-refractivity contribution in [3.63, 3.8) is 0 Å². The molecule has 0 radical (unpaired) electrons. The molecule has 0 bridgehead atoms. The second-order valence-corrected chi connectivity index (χ2v) is 4.35. The lowest BCUT2D eigenvalue weighted by Crippen LogP contribution is -3.18. The van der Waals surface area contributed by atoms with E-state index in [0.717, 1.165) is 32.0 Å². The number of anilines is 1. The zero-order chi connectivity index (χ0) is 12.1. The van der Waals surface area contributed by atoms with E-state index in [9.17, 15) is 4.79 Å². The summed E-state index contributed by atoms with van der Waals surface area (Å²) in [5.74, 6) is 0.0769. The molecule has 4 heteroatoms. The van der Waals surface area contributed by atoms with Gasteiger partial charge < -0.3 is 15.0 Å². The van der Waals surface area contributed by atoms with Crippen molar-refractivity contribution in [2.24, 2.45) is 0 Å². The fraction of sp³-hybridized carbons (Fsp3) is 0.462. The molecule has 1 heterocycles. The zero-order valence-electron chi connectivity index (χ0n) is 10.1. The number of para-hydroxylation sites is 1. The summed E-state index contributed by atoms with van der Waals surface area (Å²) in [6.07, 6.45) is 0. The predicted octanol–water partition coefficient (Wildman–Crippen LogP) is -0.0713. The molecule has 1 aliphatic heterocycles. The van der Waals surface area contributed by atoms with Crippen LogP contribution in [-0.4, -0.2) is 38.3 Å². The Bertz CT molecular complexity index is 361. The standard InChI is InChI=1S/C13H18N2O2/c1-11(15-7-9-17-10-8-15)13(16)14-12-5-3-2-4-6-12/h2-6,11H,7-10H2,1H3,(H,14,16)/p+1/t11-/m1/s1. The van der Waals surface area contributed by atoms with Gasteiger partial charge in [0.2, 0.25) is 0 Å². The topological polar surface area (TPSA) is 42.8 Å². The van der Waals surface area contributed by atoms with Crippen LogP contribution in [0.4, 0.5) is 5.69 Å². The Labute approximate surface area is 102 Å². The molecule has 1 fully saturated rings. The summed E-state index contributed by atoms with van der Waals surface area (Å²) in [7, 11) is 0. The van der Waals surface area contributed by atoms with Crippen LogP contribution in [0.2, 0.25) is 0 Å². The highest BCUT2D eigenvalue weighted by Gasteiger charge is 2.26. The normalized spacial score (nSPS) is 18.6. The van der Waals surface area contributed by atoms with Gasteiger partial charge >= 0.3 is 0 Å². The summed E-state index contributed by atoms with van der Waals surface area (Å²) < 4.78 is 5.30. The first kappa shape index (κ1) is 12.1. The van der Waals surface area contributed by atoms with Gasteiger partial charge in [-0.05, 0) is 19.1 Å². The molecule has 2 N–H and O–H groups in total. The van der Waals surface area contributed by atoms with Gasteiger partial charge in [-0.25, -0.2) is 0 Å². The highest BCUT2D eigenvalue weighted by atomic mass is 16.5. The van der Waals surface area contributed by atoms with Gasteiger partial charge in [-0.15, -0.1) is 0 Å². The molecule has 4 nitrogen and oxygen atoms in total. The largest absolute Gasteiger partial charge is 0.370 e. The molecule has 1 aromatic carbocycles. The Hall–Kier alpha value is -1.39. The molecule has 0 unspecified atom stereocenters. The van der Waals surface area contributed by atoms with Gasteiger partial charge in [0.25, 0.3) is 5.91 Å². The Morgan fingerprint density at radius 1 is 1.29 bits per heavy atom. The second kappa shape index (κ2) is 5.80. The third-order valence-electron chi connectivity index (χ3n) is 3.18. The Morgan fingerprint density at radius 3 is 2.59 bits per heavy atom. The van der Waals surface area contributed by atoms with Crippen LogP contribution in [0.1, 0.15) is 6.92 Å². The van der Waals surface area contributed by atoms with Gasteiger partial charge in [-0.2, -0.15) is 0 Å². The molecule has 0 aromatic heterocycles. The average molecular weight is 235 g/mol. The molecule has 2 rings (SSSR count). The highest BCUT2D eigenvalue weighted by Crippen LogP contribution is 2.04. The van der Waals surface area contributed by atoms with Crippen LogP contribution in [0.25, 0.3) is 0 Å². The number of carbonyl (C=O) groups excluding carboxylic acids is 1. The van der Waals surface area contributed by atoms with Crippen molar-refractivity contribution in [2.75, 3.05) is 31.6 Å². The number of nitrogens with one attached hydrogen (secondary N) is 2. The van der Waals surface area contributed by atoms with Crippen molar-refractivity contribution in [3.8, 4) is 0 Å². The van der Waals surface area contributed by atoms with Crippen molar-refractivity contribution in [1.82, 2.24) is 0 Å². The SMILES string of the molecule is C[C@H](C(=O)Nc1ccccc1)[NH+]1CCOCC1. The lowest BCUT2D eigenvalue weighted by molar-refractivity contribution is -0.921. The minimum Gasteiger partial charge on any atom is -0.370 e. The fourth-order valence-electron chi connectivity index (χ4n) is 2.02. The summed E-state index contributed by atoms with van der Waals surface area (Å²) >= 11 is 0. The van der Waals surface area contributed by atoms with Gasteiger partial charge in [0.15, 0.2) is 6.04 Å². The molecule has 1 aromatic rings. The lowest BCUT2D eigenvalue weighted by Gasteiger charge is -2.28. The van der Waals surface area contributed by atoms with Crippen molar-refractivity contribution in [1.29, 1.82) is 0 Å². The van der Waals surface area contributed by atoms with E-state index in [2.05, 4.69) is 5.32 Å². The van der Waals surface area contributed by atoms with Crippen LogP contribution >= 0.6 is 0 Å². The van der Waals surface area contributed by atoms with E-state index < -0.39 is 0 Å². The smallest absolute Gasteiger partial charge is 0.282 e. The number of morpholine rings is 1. The maximum Gasteiger partial charge on any atom is 0.282 e. The number of quaternary nitrogens is 1. The number of rotatable bonds is 3. The average Bonchev–Trinajstić information content (AvgIpc) is 2.40. The van der Waals surface area contributed by atoms with E-state index in [1.165, 1.54) is 4.90 Å². The monoisotopic (exact) mass is 235 g/mol. The van der Waals surface area contributed by atoms with E-state index >= 15 is 0 Å². The maximum absolute atomic E-state index is 12.0. The lowest BCUT2D eigenvalue weighted by atomic mass is 10.2. The minimum absolute atomic E-state index is 0.0286. The van der Waals surface area contributed by atoms with E-state index in [1.807, 2.05) is 37.3 Å². The van der Waals surface area contributed by atoms with E-state index in [0.29, 0.717) is 0 Å². The summed E-state index contributed by atoms with van der Waals surface area (Å²) in [4.78, 5) is 13.3. The van der Waals surface area contributed by atoms with Crippen LogP contribution < -0.4 is 10.2 Å². The number of benzene rings is 1. The summed E-state index contributed by atoms with van der Waals surface area (Å²) in [6, 6.07) is 9.55. The summed E-state index contributed by atoms with van der Waals surface area (Å²) in [5.41, 5.74) is 0.858. The third kappa shape index (κ3) is 3.28. The molecule has 1 saturated heterocycles.